The second-order valence-corrected chi connectivity index (χ2v) is 5.46. The molecule has 0 bridgehead atoms. The van der Waals surface area contributed by atoms with E-state index in [4.69, 9.17) is 4.42 Å². The van der Waals surface area contributed by atoms with E-state index in [1.54, 1.807) is 0 Å². The summed E-state index contributed by atoms with van der Waals surface area (Å²) < 4.78 is 43.5. The molecular formula is C16H13F3N2O3. The van der Waals surface area contributed by atoms with Crippen molar-refractivity contribution < 1.29 is 27.2 Å². The quantitative estimate of drug-likeness (QED) is 0.845. The van der Waals surface area contributed by atoms with E-state index in [2.05, 4.69) is 10.9 Å². The third kappa shape index (κ3) is 3.58. The van der Waals surface area contributed by atoms with E-state index in [1.165, 1.54) is 24.3 Å². The van der Waals surface area contributed by atoms with Crippen molar-refractivity contribution in [3.05, 3.63) is 47.7 Å². The summed E-state index contributed by atoms with van der Waals surface area (Å²) in [5, 5.41) is 0. The maximum Gasteiger partial charge on any atom is 0.416 e. The van der Waals surface area contributed by atoms with Crippen molar-refractivity contribution in [2.24, 2.45) is 5.92 Å². The molecule has 2 N–H and O–H groups in total. The summed E-state index contributed by atoms with van der Waals surface area (Å²) in [5.74, 6) is -1.00. The van der Waals surface area contributed by atoms with Gasteiger partial charge in [0.15, 0.2) is 5.76 Å². The van der Waals surface area contributed by atoms with Crippen molar-refractivity contribution in [2.45, 2.75) is 19.0 Å². The molecule has 24 heavy (non-hydrogen) atoms. The molecule has 1 heterocycles. The van der Waals surface area contributed by atoms with E-state index >= 15 is 0 Å². The zero-order valence-electron chi connectivity index (χ0n) is 12.3. The van der Waals surface area contributed by atoms with Crippen LogP contribution in [0.1, 0.15) is 29.0 Å². The minimum absolute atomic E-state index is 0.0671. The van der Waals surface area contributed by atoms with E-state index in [1.807, 2.05) is 0 Å². The van der Waals surface area contributed by atoms with Crippen molar-refractivity contribution in [1.29, 1.82) is 0 Å². The number of hydrazine groups is 1. The van der Waals surface area contributed by atoms with E-state index in [-0.39, 0.29) is 28.9 Å². The average molecular weight is 338 g/mol. The first-order chi connectivity index (χ1) is 11.3. The number of carbonyl (C=O) groups excluding carboxylic acids is 2. The Kier molecular flexibility index (Phi) is 4.04. The average Bonchev–Trinajstić information content (AvgIpc) is 3.28. The second kappa shape index (κ2) is 6.03. The molecule has 1 aliphatic carbocycles. The summed E-state index contributed by atoms with van der Waals surface area (Å²) in [6.07, 6.45) is -2.87. The first-order valence-corrected chi connectivity index (χ1v) is 7.22. The van der Waals surface area contributed by atoms with Gasteiger partial charge in [0.1, 0.15) is 5.76 Å². The molecule has 0 unspecified atom stereocenters. The molecule has 0 radical (unpaired) electrons. The normalized spacial score (nSPS) is 14.3. The van der Waals surface area contributed by atoms with E-state index < -0.39 is 17.6 Å². The lowest BCUT2D eigenvalue weighted by atomic mass is 10.1. The Hall–Kier alpha value is -2.77. The third-order valence-corrected chi connectivity index (χ3v) is 3.55. The summed E-state index contributed by atoms with van der Waals surface area (Å²) in [5.41, 5.74) is 3.88. The Morgan fingerprint density at radius 1 is 1.08 bits per heavy atom. The molecule has 0 spiro atoms. The Balaban J connectivity index is 1.70. The Labute approximate surface area is 134 Å². The number of furan rings is 1. The highest BCUT2D eigenvalue weighted by Crippen LogP contribution is 2.32. The summed E-state index contributed by atoms with van der Waals surface area (Å²) in [6.45, 7) is 0. The topological polar surface area (TPSA) is 71.3 Å². The standard InChI is InChI=1S/C16H13F3N2O3/c17-16(18,19)11-3-1-2-10(8-11)12-6-7-13(24-12)15(23)21-20-14(22)9-4-5-9/h1-3,6-9H,4-5H2,(H,20,22)(H,21,23). The zero-order valence-corrected chi connectivity index (χ0v) is 12.3. The minimum atomic E-state index is -4.46. The first-order valence-electron chi connectivity index (χ1n) is 7.22. The molecule has 126 valence electrons. The molecule has 1 fully saturated rings. The largest absolute Gasteiger partial charge is 0.451 e. The van der Waals surface area contributed by atoms with Gasteiger partial charge in [-0.2, -0.15) is 13.2 Å². The van der Waals surface area contributed by atoms with Crippen LogP contribution in [0.5, 0.6) is 0 Å². The number of nitrogens with one attached hydrogen (secondary N) is 2. The lowest BCUT2D eigenvalue weighted by Crippen LogP contribution is -2.42. The predicted molar refractivity (Wildman–Crippen MR) is 77.5 cm³/mol. The van der Waals surface area contributed by atoms with Crippen LogP contribution in [-0.4, -0.2) is 11.8 Å². The SMILES string of the molecule is O=C(NNC(=O)C1CC1)c1ccc(-c2cccc(C(F)(F)F)c2)o1. The van der Waals surface area contributed by atoms with Crippen LogP contribution in [0.3, 0.4) is 0 Å². The van der Waals surface area contributed by atoms with Crippen molar-refractivity contribution in [1.82, 2.24) is 10.9 Å². The highest BCUT2D eigenvalue weighted by molar-refractivity contribution is 5.94. The van der Waals surface area contributed by atoms with Gasteiger partial charge in [0.25, 0.3) is 0 Å². The second-order valence-electron chi connectivity index (χ2n) is 5.46. The number of rotatable bonds is 3. The van der Waals surface area contributed by atoms with Crippen molar-refractivity contribution in [3.8, 4) is 11.3 Å². The first kappa shape index (κ1) is 16.1. The zero-order chi connectivity index (χ0) is 17.3. The van der Waals surface area contributed by atoms with Gasteiger partial charge in [-0.3, -0.25) is 20.4 Å². The van der Waals surface area contributed by atoms with Gasteiger partial charge in [-0.15, -0.1) is 0 Å². The van der Waals surface area contributed by atoms with Crippen LogP contribution < -0.4 is 10.9 Å². The molecule has 2 amide bonds. The van der Waals surface area contributed by atoms with Gasteiger partial charge in [-0.1, -0.05) is 12.1 Å². The molecule has 0 aliphatic heterocycles. The molecule has 1 aromatic carbocycles. The van der Waals surface area contributed by atoms with Crippen LogP contribution in [0.2, 0.25) is 0 Å². The third-order valence-electron chi connectivity index (χ3n) is 3.55. The fourth-order valence-corrected chi connectivity index (χ4v) is 2.09. The summed E-state index contributed by atoms with van der Waals surface area (Å²) >= 11 is 0. The Morgan fingerprint density at radius 2 is 1.83 bits per heavy atom. The number of amides is 2. The predicted octanol–water partition coefficient (Wildman–Crippen LogP) is 3.14. The molecule has 1 saturated carbocycles. The van der Waals surface area contributed by atoms with Gasteiger partial charge in [-0.25, -0.2) is 0 Å². The molecule has 8 heteroatoms. The molecular weight excluding hydrogens is 325 g/mol. The fraction of sp³-hybridized carbons (Fsp3) is 0.250. The van der Waals surface area contributed by atoms with Gasteiger partial charge in [0, 0.05) is 11.5 Å². The van der Waals surface area contributed by atoms with Crippen LogP contribution in [-0.2, 0) is 11.0 Å². The number of hydrogen-bond acceptors (Lipinski definition) is 3. The van der Waals surface area contributed by atoms with E-state index in [9.17, 15) is 22.8 Å². The van der Waals surface area contributed by atoms with Gasteiger partial charge < -0.3 is 4.42 Å². The fourth-order valence-electron chi connectivity index (χ4n) is 2.09. The maximum atomic E-state index is 12.7. The van der Waals surface area contributed by atoms with Crippen molar-refractivity contribution in [2.75, 3.05) is 0 Å². The summed E-state index contributed by atoms with van der Waals surface area (Å²) in [7, 11) is 0. The van der Waals surface area contributed by atoms with Crippen LogP contribution in [0.4, 0.5) is 13.2 Å². The lowest BCUT2D eigenvalue weighted by molar-refractivity contribution is -0.137. The van der Waals surface area contributed by atoms with E-state index in [0.29, 0.717) is 0 Å². The number of carbonyl (C=O) groups is 2. The molecule has 0 atom stereocenters. The molecule has 5 nitrogen and oxygen atoms in total. The minimum Gasteiger partial charge on any atom is -0.451 e. The van der Waals surface area contributed by atoms with Gasteiger partial charge in [0.05, 0.1) is 5.56 Å². The van der Waals surface area contributed by atoms with Crippen LogP contribution >= 0.6 is 0 Å². The number of halogens is 3. The number of alkyl halides is 3. The Morgan fingerprint density at radius 3 is 2.50 bits per heavy atom. The maximum absolute atomic E-state index is 12.7. The monoisotopic (exact) mass is 338 g/mol. The number of benzene rings is 1. The number of hydrogen-bond donors (Lipinski definition) is 2. The summed E-state index contributed by atoms with van der Waals surface area (Å²) in [6, 6.07) is 7.32. The highest BCUT2D eigenvalue weighted by atomic mass is 19.4. The van der Waals surface area contributed by atoms with Crippen molar-refractivity contribution >= 4 is 11.8 Å². The Bertz CT molecular complexity index is 779. The molecule has 1 aromatic heterocycles. The molecule has 3 rings (SSSR count). The van der Waals surface area contributed by atoms with Crippen LogP contribution in [0, 0.1) is 5.92 Å². The highest BCUT2D eigenvalue weighted by Gasteiger charge is 2.31. The smallest absolute Gasteiger partial charge is 0.416 e. The lowest BCUT2D eigenvalue weighted by Gasteiger charge is -2.07. The van der Waals surface area contributed by atoms with Gasteiger partial charge >= 0.3 is 12.1 Å². The van der Waals surface area contributed by atoms with Gasteiger partial charge in [0.2, 0.25) is 5.91 Å². The van der Waals surface area contributed by atoms with E-state index in [0.717, 1.165) is 25.0 Å². The van der Waals surface area contributed by atoms with Crippen molar-refractivity contribution in [3.63, 3.8) is 0 Å². The molecule has 0 saturated heterocycles. The van der Waals surface area contributed by atoms with Crippen LogP contribution in [0.25, 0.3) is 11.3 Å². The summed E-state index contributed by atoms with van der Waals surface area (Å²) in [4.78, 5) is 23.3. The molecule has 1 aliphatic rings. The van der Waals surface area contributed by atoms with Gasteiger partial charge in [-0.05, 0) is 37.1 Å². The van der Waals surface area contributed by atoms with Crippen LogP contribution in [0.15, 0.2) is 40.8 Å². The molecule has 2 aromatic rings.